The zero-order chi connectivity index (χ0) is 5.70. The van der Waals surface area contributed by atoms with Crippen molar-refractivity contribution >= 4 is 21.5 Å². The predicted octanol–water partition coefficient (Wildman–Crippen LogP) is -0.0895. The van der Waals surface area contributed by atoms with Gasteiger partial charge in [0.05, 0.1) is 0 Å². The maximum absolute atomic E-state index is 4.79. The topological polar surface area (TPSA) is 27.7 Å². The van der Waals surface area contributed by atoms with E-state index in [0.29, 0.717) is 0 Å². The van der Waals surface area contributed by atoms with Crippen LogP contribution in [0, 0.1) is 0 Å². The average molecular weight is 215 g/mol. The Morgan fingerprint density at radius 3 is 1.14 bits per heavy atom. The van der Waals surface area contributed by atoms with Crippen LogP contribution in [0.25, 0.3) is 0 Å². The summed E-state index contributed by atoms with van der Waals surface area (Å²) in [6.07, 6.45) is 0. The van der Waals surface area contributed by atoms with Gasteiger partial charge in [-0.2, -0.15) is 0 Å². The molecule has 0 aromatic heterocycles. The number of rotatable bonds is 3. The number of hydrogen-bond donors (Lipinski definition) is 0. The average Bonchev–Trinajstić information content (AvgIpc) is 1.72. The van der Waals surface area contributed by atoms with Crippen molar-refractivity contribution in [2.75, 3.05) is 21.3 Å². The molecule has 0 unspecified atom stereocenters. The van der Waals surface area contributed by atoms with Crippen LogP contribution in [-0.2, 0) is 9.05 Å². The molecule has 0 atom stereocenters. The fourth-order valence-electron chi connectivity index (χ4n) is 0.224. The van der Waals surface area contributed by atoms with Gasteiger partial charge in [0, 0.05) is 0 Å². The normalized spacial score (nSPS) is 10.3. The fourth-order valence-corrected chi connectivity index (χ4v) is 1.50. The second-order valence-corrected chi connectivity index (χ2v) is 5.17. The van der Waals surface area contributed by atoms with Crippen molar-refractivity contribution in [3.05, 3.63) is 0 Å². The predicted molar refractivity (Wildman–Crippen MR) is 26.8 cm³/mol. The van der Waals surface area contributed by atoms with Crippen molar-refractivity contribution in [2.45, 2.75) is 0 Å². The van der Waals surface area contributed by atoms with Crippen LogP contribution in [0.3, 0.4) is 0 Å². The summed E-state index contributed by atoms with van der Waals surface area (Å²) in [6.45, 7) is 0. The summed E-state index contributed by atoms with van der Waals surface area (Å²) in [5.74, 6) is 0. The van der Waals surface area contributed by atoms with Crippen molar-refractivity contribution in [1.29, 1.82) is 0 Å². The van der Waals surface area contributed by atoms with E-state index in [1.165, 1.54) is 0 Å². The Balaban J connectivity index is 2.99. The number of hydrogen-bond acceptors (Lipinski definition) is 3. The summed E-state index contributed by atoms with van der Waals surface area (Å²) < 4.78 is 14.4. The molecule has 0 saturated heterocycles. The molecule has 0 radical (unpaired) electrons. The molecule has 0 spiro atoms. The van der Waals surface area contributed by atoms with Crippen LogP contribution in [0.2, 0.25) is 0 Å². The second kappa shape index (κ2) is 4.85. The van der Waals surface area contributed by atoms with Crippen molar-refractivity contribution in [2.24, 2.45) is 0 Å². The summed E-state index contributed by atoms with van der Waals surface area (Å²) >= 11 is -2.04. The first-order valence-electron chi connectivity index (χ1n) is 1.77. The molecule has 44 valence electrons. The van der Waals surface area contributed by atoms with Crippen LogP contribution in [0.1, 0.15) is 0 Å². The molecule has 0 heterocycles. The molecule has 0 fully saturated rings. The molecule has 3 nitrogen and oxygen atoms in total. The third-order valence-electron chi connectivity index (χ3n) is 0.447. The van der Waals surface area contributed by atoms with E-state index in [1.807, 2.05) is 0 Å². The summed E-state index contributed by atoms with van der Waals surface area (Å²) in [4.78, 5) is 0. The van der Waals surface area contributed by atoms with Gasteiger partial charge in [0.2, 0.25) is 0 Å². The summed E-state index contributed by atoms with van der Waals surface area (Å²) in [6, 6.07) is 0. The van der Waals surface area contributed by atoms with Crippen molar-refractivity contribution in [3.63, 3.8) is 0 Å². The van der Waals surface area contributed by atoms with Crippen LogP contribution in [-0.4, -0.2) is 42.8 Å². The van der Waals surface area contributed by atoms with Gasteiger partial charge in [-0.05, 0) is 0 Å². The molecule has 0 N–H and O–H groups in total. The second-order valence-electron chi connectivity index (χ2n) is 0.771. The summed E-state index contributed by atoms with van der Waals surface area (Å²) in [5, 5.41) is 0. The van der Waals surface area contributed by atoms with Gasteiger partial charge in [-0.15, -0.1) is 0 Å². The van der Waals surface area contributed by atoms with Crippen LogP contribution in [0.5, 0.6) is 0 Å². The van der Waals surface area contributed by atoms with Crippen LogP contribution >= 0.6 is 0 Å². The molecule has 0 aliphatic rings. The minimum absolute atomic E-state index is 1.59. The Hall–Kier alpha value is 0.698. The van der Waals surface area contributed by atoms with Gasteiger partial charge in [-0.1, -0.05) is 0 Å². The molecule has 0 aromatic rings. The molecule has 4 heteroatoms. The molecule has 0 rings (SSSR count). The van der Waals surface area contributed by atoms with Gasteiger partial charge in [-0.25, -0.2) is 0 Å². The molecule has 0 saturated carbocycles. The van der Waals surface area contributed by atoms with E-state index in [1.54, 1.807) is 21.3 Å². The van der Waals surface area contributed by atoms with Crippen molar-refractivity contribution in [1.82, 2.24) is 0 Å². The summed E-state index contributed by atoms with van der Waals surface area (Å²) in [5.41, 5.74) is 0. The van der Waals surface area contributed by atoms with Gasteiger partial charge in [-0.3, -0.25) is 0 Å². The van der Waals surface area contributed by atoms with Crippen molar-refractivity contribution < 1.29 is 9.05 Å². The van der Waals surface area contributed by atoms with Crippen molar-refractivity contribution in [3.8, 4) is 0 Å². The SMILES string of the molecule is C[O][Sb]([O]C)[O]C. The van der Waals surface area contributed by atoms with Gasteiger partial charge < -0.3 is 0 Å². The Morgan fingerprint density at radius 1 is 0.857 bits per heavy atom. The molecule has 0 aromatic carbocycles. The molecule has 0 aliphatic heterocycles. The monoisotopic (exact) mass is 214 g/mol. The quantitative estimate of drug-likeness (QED) is 0.615. The summed E-state index contributed by atoms with van der Waals surface area (Å²) in [7, 11) is 4.78. The molecule has 0 bridgehead atoms. The first kappa shape index (κ1) is 7.70. The van der Waals surface area contributed by atoms with Gasteiger partial charge in [0.1, 0.15) is 0 Å². The van der Waals surface area contributed by atoms with E-state index < -0.39 is 21.5 Å². The van der Waals surface area contributed by atoms with Crippen LogP contribution in [0.15, 0.2) is 0 Å². The van der Waals surface area contributed by atoms with E-state index in [2.05, 4.69) is 0 Å². The third-order valence-corrected chi connectivity index (χ3v) is 3.00. The Morgan fingerprint density at radius 2 is 1.14 bits per heavy atom. The Bertz CT molecular complexity index is 31.7. The zero-order valence-electron chi connectivity index (χ0n) is 4.67. The van der Waals surface area contributed by atoms with E-state index in [-0.39, 0.29) is 0 Å². The minimum atomic E-state index is -2.04. The van der Waals surface area contributed by atoms with Crippen LogP contribution in [0.4, 0.5) is 0 Å². The zero-order valence-corrected chi connectivity index (χ0v) is 7.22. The standard InChI is InChI=1S/3CH3O.Sb/c3*1-2;/h3*1H3;/q3*-1;+3. The molecule has 0 amide bonds. The first-order valence-corrected chi connectivity index (χ1v) is 4.90. The van der Waals surface area contributed by atoms with Gasteiger partial charge in [0.15, 0.2) is 0 Å². The van der Waals surface area contributed by atoms with Crippen LogP contribution < -0.4 is 0 Å². The van der Waals surface area contributed by atoms with E-state index in [0.717, 1.165) is 0 Å². The van der Waals surface area contributed by atoms with Gasteiger partial charge in [0.25, 0.3) is 0 Å². The molecular formula is C3H9O3Sb. The molecule has 0 aliphatic carbocycles. The van der Waals surface area contributed by atoms with E-state index >= 15 is 0 Å². The van der Waals surface area contributed by atoms with Gasteiger partial charge >= 0.3 is 51.8 Å². The fraction of sp³-hybridized carbons (Fsp3) is 1.00. The Kier molecular flexibility index (Phi) is 5.33. The molecular weight excluding hydrogens is 206 g/mol. The maximum atomic E-state index is 4.79. The third kappa shape index (κ3) is 3.30. The molecule has 7 heavy (non-hydrogen) atoms. The Labute approximate surface area is 52.2 Å². The first-order chi connectivity index (χ1) is 3.35. The van der Waals surface area contributed by atoms with E-state index in [4.69, 9.17) is 9.05 Å². The van der Waals surface area contributed by atoms with E-state index in [9.17, 15) is 0 Å².